The molecule has 1 nitrogen and oxygen atoms in total. The molecule has 10 heavy (non-hydrogen) atoms. The highest BCUT2D eigenvalue weighted by Crippen LogP contribution is 2.30. The van der Waals surface area contributed by atoms with E-state index in [-0.39, 0.29) is 0 Å². The number of halogens is 2. The summed E-state index contributed by atoms with van der Waals surface area (Å²) >= 11 is 8.62. The van der Waals surface area contributed by atoms with Gasteiger partial charge in [-0.3, -0.25) is 0 Å². The third-order valence-corrected chi connectivity index (χ3v) is 3.67. The molecule has 1 heterocycles. The lowest BCUT2D eigenvalue weighted by Gasteiger charge is -1.93. The van der Waals surface area contributed by atoms with Crippen LogP contribution >= 0.6 is 43.2 Å². The van der Waals surface area contributed by atoms with E-state index in [4.69, 9.17) is 0 Å². The second-order valence-electron chi connectivity index (χ2n) is 1.85. The van der Waals surface area contributed by atoms with Gasteiger partial charge >= 0.3 is 0 Å². The number of rotatable bonds is 2. The summed E-state index contributed by atoms with van der Waals surface area (Å²) in [6.45, 7) is 0.927. The molecule has 0 aliphatic rings. The van der Waals surface area contributed by atoms with Gasteiger partial charge in [-0.05, 0) is 45.0 Å². The zero-order valence-electron chi connectivity index (χ0n) is 5.45. The Bertz CT molecular complexity index is 222. The number of thiophene rings is 1. The van der Waals surface area contributed by atoms with E-state index in [0.29, 0.717) is 0 Å². The van der Waals surface area contributed by atoms with Crippen LogP contribution in [0.4, 0.5) is 0 Å². The summed E-state index contributed by atoms with van der Waals surface area (Å²) in [5, 5.41) is 3.10. The molecular formula is C6H7Br2NS. The Hall–Kier alpha value is 0.620. The molecule has 0 bridgehead atoms. The minimum atomic E-state index is 0.927. The molecule has 0 spiro atoms. The maximum Gasteiger partial charge on any atom is 0.0713 e. The number of nitrogens with one attached hydrogen (secondary N) is 1. The Kier molecular flexibility index (Phi) is 3.36. The highest BCUT2D eigenvalue weighted by atomic mass is 79.9. The second kappa shape index (κ2) is 3.85. The highest BCUT2D eigenvalue weighted by Gasteiger charge is 2.02. The van der Waals surface area contributed by atoms with Gasteiger partial charge in [-0.1, -0.05) is 0 Å². The van der Waals surface area contributed by atoms with Crippen molar-refractivity contribution in [3.05, 3.63) is 19.2 Å². The average molecular weight is 285 g/mol. The van der Waals surface area contributed by atoms with Gasteiger partial charge in [0.15, 0.2) is 0 Å². The SMILES string of the molecule is CNCc1sc(Br)cc1Br. The standard InChI is InChI=1S/C6H7Br2NS/c1-9-3-5-4(7)2-6(8)10-5/h2,9H,3H2,1H3. The van der Waals surface area contributed by atoms with E-state index in [9.17, 15) is 0 Å². The van der Waals surface area contributed by atoms with E-state index < -0.39 is 0 Å². The van der Waals surface area contributed by atoms with Crippen molar-refractivity contribution in [2.45, 2.75) is 6.54 Å². The third kappa shape index (κ3) is 2.05. The highest BCUT2D eigenvalue weighted by molar-refractivity contribution is 9.11. The first kappa shape index (κ1) is 8.71. The Morgan fingerprint density at radius 3 is 2.70 bits per heavy atom. The summed E-state index contributed by atoms with van der Waals surface area (Å²) in [5.41, 5.74) is 0. The topological polar surface area (TPSA) is 12.0 Å². The Morgan fingerprint density at radius 1 is 1.60 bits per heavy atom. The molecule has 56 valence electrons. The van der Waals surface area contributed by atoms with Crippen LogP contribution in [0, 0.1) is 0 Å². The molecular weight excluding hydrogens is 278 g/mol. The monoisotopic (exact) mass is 283 g/mol. The molecule has 0 aromatic carbocycles. The molecule has 0 radical (unpaired) electrons. The molecule has 0 atom stereocenters. The van der Waals surface area contributed by atoms with Crippen molar-refractivity contribution in [3.63, 3.8) is 0 Å². The quantitative estimate of drug-likeness (QED) is 0.880. The zero-order valence-corrected chi connectivity index (χ0v) is 9.44. The van der Waals surface area contributed by atoms with Crippen molar-refractivity contribution in [1.29, 1.82) is 0 Å². The van der Waals surface area contributed by atoms with Crippen LogP contribution in [0.5, 0.6) is 0 Å². The predicted octanol–water partition coefficient (Wildman–Crippen LogP) is 2.99. The van der Waals surface area contributed by atoms with Crippen LogP contribution < -0.4 is 5.32 Å². The smallest absolute Gasteiger partial charge is 0.0713 e. The van der Waals surface area contributed by atoms with E-state index >= 15 is 0 Å². The van der Waals surface area contributed by atoms with Crippen LogP contribution in [0.2, 0.25) is 0 Å². The maximum atomic E-state index is 3.46. The summed E-state index contributed by atoms with van der Waals surface area (Å²) in [4.78, 5) is 1.33. The summed E-state index contributed by atoms with van der Waals surface area (Å²) in [6, 6.07) is 2.07. The molecule has 4 heteroatoms. The van der Waals surface area contributed by atoms with Gasteiger partial charge in [-0.2, -0.15) is 0 Å². The fourth-order valence-corrected chi connectivity index (χ4v) is 3.33. The molecule has 1 rings (SSSR count). The average Bonchev–Trinajstić information content (AvgIpc) is 2.13. The van der Waals surface area contributed by atoms with E-state index in [2.05, 4.69) is 43.2 Å². The molecule has 1 aromatic rings. The Labute approximate surface area is 81.1 Å². The lowest BCUT2D eigenvalue weighted by molar-refractivity contribution is 0.829. The van der Waals surface area contributed by atoms with E-state index in [1.165, 1.54) is 13.1 Å². The van der Waals surface area contributed by atoms with E-state index in [1.807, 2.05) is 7.05 Å². The van der Waals surface area contributed by atoms with Crippen molar-refractivity contribution < 1.29 is 0 Å². The largest absolute Gasteiger partial charge is 0.315 e. The molecule has 0 fully saturated rings. The van der Waals surface area contributed by atoms with Crippen molar-refractivity contribution in [2.24, 2.45) is 0 Å². The first-order valence-corrected chi connectivity index (χ1v) is 5.22. The minimum absolute atomic E-state index is 0.927. The van der Waals surface area contributed by atoms with Gasteiger partial charge in [0.2, 0.25) is 0 Å². The van der Waals surface area contributed by atoms with E-state index in [1.54, 1.807) is 11.3 Å². The molecule has 0 saturated carbocycles. The Morgan fingerprint density at radius 2 is 2.30 bits per heavy atom. The molecule has 0 aliphatic heterocycles. The molecule has 1 aromatic heterocycles. The summed E-state index contributed by atoms with van der Waals surface area (Å²) < 4.78 is 2.35. The van der Waals surface area contributed by atoms with Gasteiger partial charge in [0.25, 0.3) is 0 Å². The first-order valence-electron chi connectivity index (χ1n) is 2.82. The molecule has 0 amide bonds. The maximum absolute atomic E-state index is 3.46. The molecule has 0 saturated heterocycles. The van der Waals surface area contributed by atoms with Crippen molar-refractivity contribution in [2.75, 3.05) is 7.05 Å². The normalized spacial score (nSPS) is 10.3. The summed E-state index contributed by atoms with van der Waals surface area (Å²) in [6.07, 6.45) is 0. The second-order valence-corrected chi connectivity index (χ2v) is 5.22. The lowest BCUT2D eigenvalue weighted by Crippen LogP contribution is -2.03. The predicted molar refractivity (Wildman–Crippen MR) is 52.5 cm³/mol. The lowest BCUT2D eigenvalue weighted by atomic mass is 10.5. The van der Waals surface area contributed by atoms with Gasteiger partial charge in [0.1, 0.15) is 0 Å². The van der Waals surface area contributed by atoms with Crippen LogP contribution in [0.3, 0.4) is 0 Å². The fraction of sp³-hybridized carbons (Fsp3) is 0.333. The van der Waals surface area contributed by atoms with E-state index in [0.717, 1.165) is 6.54 Å². The van der Waals surface area contributed by atoms with Crippen molar-refractivity contribution >= 4 is 43.2 Å². The zero-order chi connectivity index (χ0) is 7.56. The Balaban J connectivity index is 2.81. The van der Waals surface area contributed by atoms with Gasteiger partial charge < -0.3 is 5.32 Å². The minimum Gasteiger partial charge on any atom is -0.315 e. The van der Waals surface area contributed by atoms with Crippen LogP contribution in [-0.2, 0) is 6.54 Å². The number of hydrogen-bond donors (Lipinski definition) is 1. The fourth-order valence-electron chi connectivity index (χ4n) is 0.657. The van der Waals surface area contributed by atoms with Crippen LogP contribution in [0.15, 0.2) is 14.3 Å². The number of hydrogen-bond acceptors (Lipinski definition) is 2. The summed E-state index contributed by atoms with van der Waals surface area (Å²) in [5.74, 6) is 0. The van der Waals surface area contributed by atoms with Gasteiger partial charge in [0.05, 0.1) is 3.79 Å². The third-order valence-electron chi connectivity index (χ3n) is 1.06. The van der Waals surface area contributed by atoms with Crippen LogP contribution in [0.1, 0.15) is 4.88 Å². The van der Waals surface area contributed by atoms with Crippen molar-refractivity contribution in [1.82, 2.24) is 5.32 Å². The first-order chi connectivity index (χ1) is 4.74. The molecule has 0 unspecified atom stereocenters. The van der Waals surface area contributed by atoms with Gasteiger partial charge in [-0.25, -0.2) is 0 Å². The molecule has 1 N–H and O–H groups in total. The summed E-state index contributed by atoms with van der Waals surface area (Å²) in [7, 11) is 1.94. The van der Waals surface area contributed by atoms with Crippen molar-refractivity contribution in [3.8, 4) is 0 Å². The van der Waals surface area contributed by atoms with Crippen LogP contribution in [-0.4, -0.2) is 7.05 Å². The van der Waals surface area contributed by atoms with Gasteiger partial charge in [0, 0.05) is 15.9 Å². The molecule has 0 aliphatic carbocycles. The van der Waals surface area contributed by atoms with Gasteiger partial charge in [-0.15, -0.1) is 11.3 Å². The van der Waals surface area contributed by atoms with Crippen LogP contribution in [0.25, 0.3) is 0 Å².